The van der Waals surface area contributed by atoms with E-state index in [1.807, 2.05) is 36.4 Å². The Morgan fingerprint density at radius 2 is 2.11 bits per heavy atom. The molecular formula is C13H16N2O2S. The van der Waals surface area contributed by atoms with Gasteiger partial charge in [-0.25, -0.2) is 0 Å². The van der Waals surface area contributed by atoms with Crippen molar-refractivity contribution in [3.05, 3.63) is 30.3 Å². The van der Waals surface area contributed by atoms with Crippen LogP contribution >= 0.6 is 11.8 Å². The van der Waals surface area contributed by atoms with Crippen molar-refractivity contribution in [2.75, 3.05) is 29.6 Å². The Morgan fingerprint density at radius 3 is 2.72 bits per heavy atom. The lowest BCUT2D eigenvalue weighted by Gasteiger charge is -2.19. The summed E-state index contributed by atoms with van der Waals surface area (Å²) in [7, 11) is 0. The highest BCUT2D eigenvalue weighted by atomic mass is 32.2. The number of anilines is 1. The maximum atomic E-state index is 12.0. The fourth-order valence-electron chi connectivity index (χ4n) is 1.41. The molecule has 0 atom stereocenters. The average molecular weight is 264 g/mol. The highest BCUT2D eigenvalue weighted by molar-refractivity contribution is 7.99. The van der Waals surface area contributed by atoms with Crippen LogP contribution in [0, 0.1) is 11.3 Å². The summed E-state index contributed by atoms with van der Waals surface area (Å²) in [5.41, 5.74) is 0.742. The van der Waals surface area contributed by atoms with E-state index in [0.29, 0.717) is 12.2 Å². The number of nitriles is 1. The Balaban J connectivity index is 2.57. The van der Waals surface area contributed by atoms with Crippen molar-refractivity contribution in [2.45, 2.75) is 6.42 Å². The summed E-state index contributed by atoms with van der Waals surface area (Å²) in [6.45, 7) is 0.200. The lowest BCUT2D eigenvalue weighted by atomic mass is 10.3. The van der Waals surface area contributed by atoms with Crippen LogP contribution in [0.4, 0.5) is 5.69 Å². The number of rotatable bonds is 7. The van der Waals surface area contributed by atoms with Crippen molar-refractivity contribution in [2.24, 2.45) is 0 Å². The van der Waals surface area contributed by atoms with Crippen LogP contribution in [-0.2, 0) is 4.79 Å². The number of nitrogens with zero attached hydrogens (tertiary/aromatic N) is 2. The van der Waals surface area contributed by atoms with Crippen LogP contribution in [0.3, 0.4) is 0 Å². The highest BCUT2D eigenvalue weighted by Crippen LogP contribution is 2.15. The molecule has 0 heterocycles. The smallest absolute Gasteiger partial charge is 0.237 e. The van der Waals surface area contributed by atoms with Crippen molar-refractivity contribution in [1.29, 1.82) is 5.26 Å². The number of hydrogen-bond acceptors (Lipinski definition) is 4. The van der Waals surface area contributed by atoms with E-state index in [0.717, 1.165) is 11.4 Å². The van der Waals surface area contributed by atoms with E-state index in [-0.39, 0.29) is 19.1 Å². The molecule has 0 bridgehead atoms. The van der Waals surface area contributed by atoms with Gasteiger partial charge in [0.1, 0.15) is 6.54 Å². The zero-order chi connectivity index (χ0) is 13.2. The summed E-state index contributed by atoms with van der Waals surface area (Å²) >= 11 is 1.47. The molecule has 0 saturated carbocycles. The van der Waals surface area contributed by atoms with Crippen LogP contribution in [0.15, 0.2) is 30.3 Å². The molecule has 1 amide bonds. The van der Waals surface area contributed by atoms with Gasteiger partial charge < -0.3 is 5.11 Å². The molecule has 0 unspecified atom stereocenters. The zero-order valence-electron chi connectivity index (χ0n) is 10.1. The Labute approximate surface area is 111 Å². The van der Waals surface area contributed by atoms with Gasteiger partial charge in [-0.05, 0) is 24.3 Å². The Kier molecular flexibility index (Phi) is 6.92. The third-order valence-electron chi connectivity index (χ3n) is 2.27. The summed E-state index contributed by atoms with van der Waals surface area (Å²) < 4.78 is 0. The van der Waals surface area contributed by atoms with Gasteiger partial charge in [-0.15, -0.1) is 0 Å². The minimum absolute atomic E-state index is 0.0589. The van der Waals surface area contributed by atoms with E-state index >= 15 is 0 Å². The monoisotopic (exact) mass is 264 g/mol. The minimum Gasteiger partial charge on any atom is -0.396 e. The molecule has 1 aromatic carbocycles. The van der Waals surface area contributed by atoms with Crippen molar-refractivity contribution >= 4 is 23.4 Å². The quantitative estimate of drug-likeness (QED) is 0.601. The molecule has 0 fully saturated rings. The summed E-state index contributed by atoms with van der Waals surface area (Å²) in [5.74, 6) is 0.999. The lowest BCUT2D eigenvalue weighted by molar-refractivity contribution is -0.116. The lowest BCUT2D eigenvalue weighted by Crippen LogP contribution is -2.32. The molecule has 0 aliphatic rings. The molecule has 0 radical (unpaired) electrons. The van der Waals surface area contributed by atoms with Gasteiger partial charge in [-0.1, -0.05) is 18.2 Å². The first-order chi connectivity index (χ1) is 8.79. The number of para-hydroxylation sites is 1. The number of amides is 1. The van der Waals surface area contributed by atoms with Crippen LogP contribution in [0.1, 0.15) is 6.42 Å². The van der Waals surface area contributed by atoms with E-state index in [4.69, 9.17) is 10.4 Å². The highest BCUT2D eigenvalue weighted by Gasteiger charge is 2.14. The molecule has 0 aromatic heterocycles. The van der Waals surface area contributed by atoms with E-state index < -0.39 is 0 Å². The average Bonchev–Trinajstić information content (AvgIpc) is 2.41. The van der Waals surface area contributed by atoms with Gasteiger partial charge in [0.2, 0.25) is 5.91 Å². The van der Waals surface area contributed by atoms with E-state index in [9.17, 15) is 4.79 Å². The Morgan fingerprint density at radius 1 is 1.39 bits per heavy atom. The van der Waals surface area contributed by atoms with Gasteiger partial charge in [0.05, 0.1) is 11.8 Å². The molecule has 0 aliphatic heterocycles. The van der Waals surface area contributed by atoms with E-state index in [1.165, 1.54) is 16.7 Å². The number of benzene rings is 1. The second kappa shape index (κ2) is 8.56. The largest absolute Gasteiger partial charge is 0.396 e. The minimum atomic E-state index is -0.0781. The van der Waals surface area contributed by atoms with Gasteiger partial charge >= 0.3 is 0 Å². The fourth-order valence-corrected chi connectivity index (χ4v) is 2.21. The van der Waals surface area contributed by atoms with Crippen LogP contribution in [0.5, 0.6) is 0 Å². The van der Waals surface area contributed by atoms with Crippen molar-refractivity contribution in [1.82, 2.24) is 0 Å². The number of carbonyl (C=O) groups is 1. The number of aliphatic hydroxyl groups is 1. The van der Waals surface area contributed by atoms with E-state index in [2.05, 4.69) is 0 Å². The number of hydrogen-bond donors (Lipinski definition) is 1. The van der Waals surface area contributed by atoms with Gasteiger partial charge in [0, 0.05) is 12.3 Å². The molecule has 4 nitrogen and oxygen atoms in total. The van der Waals surface area contributed by atoms with Gasteiger partial charge in [0.25, 0.3) is 0 Å². The normalized spacial score (nSPS) is 9.78. The second-order valence-electron chi connectivity index (χ2n) is 3.60. The first-order valence-electron chi connectivity index (χ1n) is 5.70. The molecule has 0 saturated heterocycles. The summed E-state index contributed by atoms with van der Waals surface area (Å²) in [5, 5.41) is 17.4. The van der Waals surface area contributed by atoms with Gasteiger partial charge in [0.15, 0.2) is 0 Å². The molecule has 18 heavy (non-hydrogen) atoms. The second-order valence-corrected chi connectivity index (χ2v) is 4.71. The van der Waals surface area contributed by atoms with Gasteiger partial charge in [-0.2, -0.15) is 17.0 Å². The molecule has 0 spiro atoms. The predicted octanol–water partition coefficient (Wildman–Crippen LogP) is 1.66. The number of aliphatic hydroxyl groups excluding tert-OH is 1. The SMILES string of the molecule is N#CCN(C(=O)CSCCCO)c1ccccc1. The van der Waals surface area contributed by atoms with Crippen LogP contribution in [0.25, 0.3) is 0 Å². The molecule has 1 rings (SSSR count). The third kappa shape index (κ3) is 4.78. The first-order valence-corrected chi connectivity index (χ1v) is 6.86. The summed E-state index contributed by atoms with van der Waals surface area (Å²) in [4.78, 5) is 13.5. The van der Waals surface area contributed by atoms with E-state index in [1.54, 1.807) is 0 Å². The molecular weight excluding hydrogens is 248 g/mol. The summed E-state index contributed by atoms with van der Waals surface area (Å²) in [6.07, 6.45) is 0.682. The number of carbonyl (C=O) groups excluding carboxylic acids is 1. The first kappa shape index (κ1) is 14.6. The number of thioether (sulfide) groups is 1. The van der Waals surface area contributed by atoms with Crippen LogP contribution in [-0.4, -0.2) is 35.7 Å². The topological polar surface area (TPSA) is 64.3 Å². The maximum absolute atomic E-state index is 12.0. The third-order valence-corrected chi connectivity index (χ3v) is 3.30. The Hall–Kier alpha value is -1.51. The molecule has 5 heteroatoms. The predicted molar refractivity (Wildman–Crippen MR) is 73.4 cm³/mol. The van der Waals surface area contributed by atoms with Crippen molar-refractivity contribution in [3.63, 3.8) is 0 Å². The zero-order valence-corrected chi connectivity index (χ0v) is 10.9. The van der Waals surface area contributed by atoms with Crippen molar-refractivity contribution in [3.8, 4) is 6.07 Å². The van der Waals surface area contributed by atoms with Crippen LogP contribution in [0.2, 0.25) is 0 Å². The molecule has 96 valence electrons. The fraction of sp³-hybridized carbons (Fsp3) is 0.385. The van der Waals surface area contributed by atoms with Crippen LogP contribution < -0.4 is 4.90 Å². The standard InChI is InChI=1S/C13H16N2O2S/c14-7-8-15(12-5-2-1-3-6-12)13(17)11-18-10-4-9-16/h1-3,5-6,16H,4,8-11H2. The maximum Gasteiger partial charge on any atom is 0.237 e. The molecule has 1 N–H and O–H groups in total. The summed E-state index contributed by atoms with van der Waals surface area (Å²) in [6, 6.07) is 11.2. The molecule has 0 aliphatic carbocycles. The molecule has 1 aromatic rings. The van der Waals surface area contributed by atoms with Gasteiger partial charge in [-0.3, -0.25) is 9.69 Å². The van der Waals surface area contributed by atoms with Crippen molar-refractivity contribution < 1.29 is 9.90 Å². The Bertz CT molecular complexity index is 403.